The predicted octanol–water partition coefficient (Wildman–Crippen LogP) is 3.76. The van der Waals surface area contributed by atoms with E-state index >= 15 is 0 Å². The summed E-state index contributed by atoms with van der Waals surface area (Å²) in [6, 6.07) is 15.0. The highest BCUT2D eigenvalue weighted by Crippen LogP contribution is 2.27. The summed E-state index contributed by atoms with van der Waals surface area (Å²) >= 11 is 0. The molecule has 10 heteroatoms. The number of alkyl halides is 3. The Kier molecular flexibility index (Phi) is 4.98. The average molecular weight is 415 g/mol. The number of imidazole rings is 1. The van der Waals surface area contributed by atoms with Gasteiger partial charge in [-0.15, -0.1) is 0 Å². The lowest BCUT2D eigenvalue weighted by Gasteiger charge is -2.15. The first kappa shape index (κ1) is 19.6. The van der Waals surface area contributed by atoms with Crippen molar-refractivity contribution in [2.75, 3.05) is 7.05 Å². The molecule has 0 spiro atoms. The minimum atomic E-state index is -4.72. The quantitative estimate of drug-likeness (QED) is 0.496. The zero-order valence-electron chi connectivity index (χ0n) is 15.8. The molecular formula is C20H16F3N5O2. The fraction of sp³-hybridized carbons (Fsp3) is 0.200. The van der Waals surface area contributed by atoms with Crippen LogP contribution in [0, 0.1) is 0 Å². The van der Waals surface area contributed by atoms with Crippen LogP contribution in [0.1, 0.15) is 27.6 Å². The van der Waals surface area contributed by atoms with E-state index in [9.17, 15) is 18.0 Å². The SMILES string of the molecule is CN(Cc1noc(C(F)(F)F)n1)C(=O)c1ccc2c(c1)ncn2Cc1ccccc1. The van der Waals surface area contributed by atoms with Crippen molar-refractivity contribution >= 4 is 16.9 Å². The third kappa shape index (κ3) is 4.02. The van der Waals surface area contributed by atoms with E-state index in [4.69, 9.17) is 0 Å². The molecule has 0 aliphatic heterocycles. The maximum absolute atomic E-state index is 12.7. The first-order valence-corrected chi connectivity index (χ1v) is 8.95. The molecule has 0 fully saturated rings. The van der Waals surface area contributed by atoms with Crippen LogP contribution in [0.4, 0.5) is 13.2 Å². The average Bonchev–Trinajstić information content (AvgIpc) is 3.35. The van der Waals surface area contributed by atoms with Gasteiger partial charge in [-0.05, 0) is 23.8 Å². The maximum atomic E-state index is 12.7. The number of amides is 1. The number of hydrogen-bond donors (Lipinski definition) is 0. The molecule has 2 heterocycles. The molecule has 154 valence electrons. The standard InChI is InChI=1S/C20H16F3N5O2/c1-27(11-17-25-19(30-26-17)20(21,22)23)18(29)14-7-8-16-15(9-14)24-12-28(16)10-13-5-3-2-4-6-13/h2-9,12H,10-11H2,1H3. The van der Waals surface area contributed by atoms with Gasteiger partial charge < -0.3 is 14.0 Å². The lowest BCUT2D eigenvalue weighted by atomic mass is 10.1. The number of hydrogen-bond acceptors (Lipinski definition) is 5. The van der Waals surface area contributed by atoms with Gasteiger partial charge in [-0.3, -0.25) is 4.79 Å². The highest BCUT2D eigenvalue weighted by atomic mass is 19.4. The fourth-order valence-electron chi connectivity index (χ4n) is 3.04. The number of carbonyl (C=O) groups is 1. The summed E-state index contributed by atoms with van der Waals surface area (Å²) in [7, 11) is 1.45. The van der Waals surface area contributed by atoms with Gasteiger partial charge in [-0.1, -0.05) is 35.5 Å². The number of nitrogens with zero attached hydrogens (tertiary/aromatic N) is 5. The molecule has 0 saturated heterocycles. The topological polar surface area (TPSA) is 77.1 Å². The van der Waals surface area contributed by atoms with Gasteiger partial charge in [0, 0.05) is 19.2 Å². The summed E-state index contributed by atoms with van der Waals surface area (Å²) in [4.78, 5) is 21.5. The number of halogens is 3. The molecule has 30 heavy (non-hydrogen) atoms. The Morgan fingerprint density at radius 3 is 2.63 bits per heavy atom. The normalized spacial score (nSPS) is 11.7. The molecule has 1 amide bonds. The van der Waals surface area contributed by atoms with E-state index in [0.717, 1.165) is 11.1 Å². The van der Waals surface area contributed by atoms with Gasteiger partial charge in [0.2, 0.25) is 0 Å². The van der Waals surface area contributed by atoms with Crippen LogP contribution in [0.3, 0.4) is 0 Å². The fourth-order valence-corrected chi connectivity index (χ4v) is 3.04. The smallest absolute Gasteiger partial charge is 0.334 e. The van der Waals surface area contributed by atoms with E-state index in [1.807, 2.05) is 34.9 Å². The molecule has 2 aromatic carbocycles. The maximum Gasteiger partial charge on any atom is 0.471 e. The molecule has 0 radical (unpaired) electrons. The van der Waals surface area contributed by atoms with Crippen molar-refractivity contribution in [3.8, 4) is 0 Å². The van der Waals surface area contributed by atoms with Crippen molar-refractivity contribution in [1.29, 1.82) is 0 Å². The lowest BCUT2D eigenvalue weighted by Crippen LogP contribution is -2.26. The molecule has 7 nitrogen and oxygen atoms in total. The van der Waals surface area contributed by atoms with Crippen LogP contribution in [-0.4, -0.2) is 37.5 Å². The summed E-state index contributed by atoms with van der Waals surface area (Å²) in [5, 5.41) is 3.28. The number of fused-ring (bicyclic) bond motifs is 1. The Labute approximate surface area is 168 Å². The summed E-state index contributed by atoms with van der Waals surface area (Å²) < 4.78 is 43.9. The van der Waals surface area contributed by atoms with Crippen LogP contribution in [0.2, 0.25) is 0 Å². The zero-order chi connectivity index (χ0) is 21.3. The Morgan fingerprint density at radius 1 is 1.17 bits per heavy atom. The van der Waals surface area contributed by atoms with Gasteiger partial charge >= 0.3 is 12.1 Å². The van der Waals surface area contributed by atoms with E-state index in [-0.39, 0.29) is 12.4 Å². The van der Waals surface area contributed by atoms with E-state index in [1.54, 1.807) is 24.5 Å². The van der Waals surface area contributed by atoms with Crippen LogP contribution in [0.5, 0.6) is 0 Å². The van der Waals surface area contributed by atoms with Crippen molar-refractivity contribution in [3.63, 3.8) is 0 Å². The first-order valence-electron chi connectivity index (χ1n) is 8.95. The minimum absolute atomic E-state index is 0.223. The number of rotatable bonds is 5. The summed E-state index contributed by atoms with van der Waals surface area (Å²) in [6.45, 7) is 0.419. The second-order valence-electron chi connectivity index (χ2n) is 6.74. The van der Waals surface area contributed by atoms with Crippen molar-refractivity contribution < 1.29 is 22.5 Å². The predicted molar refractivity (Wildman–Crippen MR) is 100 cm³/mol. The van der Waals surface area contributed by atoms with Crippen molar-refractivity contribution in [2.24, 2.45) is 0 Å². The second-order valence-corrected chi connectivity index (χ2v) is 6.74. The third-order valence-electron chi connectivity index (χ3n) is 4.50. The van der Waals surface area contributed by atoms with Crippen LogP contribution in [-0.2, 0) is 19.3 Å². The zero-order valence-corrected chi connectivity index (χ0v) is 15.8. The van der Waals surface area contributed by atoms with Gasteiger partial charge in [0.15, 0.2) is 5.82 Å². The van der Waals surface area contributed by atoms with Crippen LogP contribution in [0.15, 0.2) is 59.4 Å². The number of carbonyl (C=O) groups excluding carboxylic acids is 1. The molecule has 4 aromatic rings. The molecule has 0 bridgehead atoms. The Balaban J connectivity index is 1.50. The molecule has 4 rings (SSSR count). The van der Waals surface area contributed by atoms with Gasteiger partial charge in [-0.2, -0.15) is 18.2 Å². The lowest BCUT2D eigenvalue weighted by molar-refractivity contribution is -0.159. The first-order chi connectivity index (χ1) is 14.3. The molecule has 0 atom stereocenters. The Morgan fingerprint density at radius 2 is 1.93 bits per heavy atom. The minimum Gasteiger partial charge on any atom is -0.334 e. The van der Waals surface area contributed by atoms with Crippen molar-refractivity contribution in [2.45, 2.75) is 19.3 Å². The molecular weight excluding hydrogens is 399 g/mol. The third-order valence-corrected chi connectivity index (χ3v) is 4.50. The van der Waals surface area contributed by atoms with Crippen molar-refractivity contribution in [3.05, 3.63) is 77.7 Å². The molecule has 0 N–H and O–H groups in total. The summed E-state index contributed by atoms with van der Waals surface area (Å²) in [6.07, 6.45) is -3.02. The highest BCUT2D eigenvalue weighted by molar-refractivity contribution is 5.97. The van der Waals surface area contributed by atoms with Crippen LogP contribution >= 0.6 is 0 Å². The molecule has 0 saturated carbocycles. The largest absolute Gasteiger partial charge is 0.471 e. The number of aromatic nitrogens is 4. The van der Waals surface area contributed by atoms with Gasteiger partial charge in [-0.25, -0.2) is 4.98 Å². The molecule has 2 aromatic heterocycles. The van der Waals surface area contributed by atoms with Crippen LogP contribution < -0.4 is 0 Å². The number of benzene rings is 2. The van der Waals surface area contributed by atoms with Crippen molar-refractivity contribution in [1.82, 2.24) is 24.6 Å². The van der Waals surface area contributed by atoms with E-state index < -0.39 is 18.0 Å². The molecule has 0 aliphatic rings. The van der Waals surface area contributed by atoms with Crippen LogP contribution in [0.25, 0.3) is 11.0 Å². The second kappa shape index (κ2) is 7.62. The van der Waals surface area contributed by atoms with E-state index in [1.165, 1.54) is 11.9 Å². The Hall–Kier alpha value is -3.69. The monoisotopic (exact) mass is 415 g/mol. The van der Waals surface area contributed by atoms with E-state index in [2.05, 4.69) is 19.6 Å². The molecule has 0 aliphatic carbocycles. The van der Waals surface area contributed by atoms with Gasteiger partial charge in [0.1, 0.15) is 0 Å². The Bertz CT molecular complexity index is 1180. The van der Waals surface area contributed by atoms with E-state index in [0.29, 0.717) is 17.6 Å². The summed E-state index contributed by atoms with van der Waals surface area (Å²) in [5.41, 5.74) is 2.99. The molecule has 0 unspecified atom stereocenters. The van der Waals surface area contributed by atoms with Gasteiger partial charge in [0.25, 0.3) is 5.91 Å². The highest BCUT2D eigenvalue weighted by Gasteiger charge is 2.38. The summed E-state index contributed by atoms with van der Waals surface area (Å²) in [5.74, 6) is -2.07. The van der Waals surface area contributed by atoms with Gasteiger partial charge in [0.05, 0.1) is 23.9 Å².